The summed E-state index contributed by atoms with van der Waals surface area (Å²) in [6.45, 7) is 0. The van der Waals surface area contributed by atoms with Crippen LogP contribution < -0.4 is 24.8 Å². The standard InChI is InChI=1S/2C6H4F3.2ClH.Ti/c2*7-6(8,9)5-3-1-2-4-5;;;/h2*1,3H,2H2;2*1H;/q2*-1;;;+4/p-2. The molecule has 0 nitrogen and oxygen atoms in total. The first-order valence-corrected chi connectivity index (χ1v) is 4.90. The fraction of sp³-hybridized carbons (Fsp3) is 0.333. The van der Waals surface area contributed by atoms with Gasteiger partial charge in [0.25, 0.3) is 0 Å². The van der Waals surface area contributed by atoms with Crippen molar-refractivity contribution >= 4 is 0 Å². The van der Waals surface area contributed by atoms with Gasteiger partial charge < -0.3 is 24.8 Å². The molecule has 0 aromatic rings. The Balaban J connectivity index is -0.000000270. The molecule has 2 aliphatic rings. The molecule has 2 rings (SSSR count). The van der Waals surface area contributed by atoms with Crippen LogP contribution in [-0.4, -0.2) is 12.4 Å². The fourth-order valence-corrected chi connectivity index (χ4v) is 1.20. The average molecular weight is 385 g/mol. The quantitative estimate of drug-likeness (QED) is 0.270. The molecule has 0 saturated carbocycles. The summed E-state index contributed by atoms with van der Waals surface area (Å²) >= 11 is 0. The Kier molecular flexibility index (Phi) is 12.9. The monoisotopic (exact) mass is 384 g/mol. The van der Waals surface area contributed by atoms with Crippen LogP contribution >= 0.6 is 0 Å². The minimum atomic E-state index is -4.20. The van der Waals surface area contributed by atoms with E-state index < -0.39 is 23.5 Å². The van der Waals surface area contributed by atoms with E-state index in [0.717, 1.165) is 12.2 Å². The van der Waals surface area contributed by atoms with E-state index >= 15 is 0 Å². The van der Waals surface area contributed by atoms with Crippen LogP contribution in [-0.2, 0) is 21.7 Å². The molecule has 0 fully saturated rings. The Hall–Kier alpha value is -0.166. The van der Waals surface area contributed by atoms with Gasteiger partial charge in [0.1, 0.15) is 0 Å². The predicted molar refractivity (Wildman–Crippen MR) is 53.1 cm³/mol. The van der Waals surface area contributed by atoms with Crippen molar-refractivity contribution in [2.75, 3.05) is 0 Å². The summed E-state index contributed by atoms with van der Waals surface area (Å²) in [7, 11) is 0. The maximum atomic E-state index is 11.6. The first kappa shape index (κ1) is 25.8. The normalized spacial score (nSPS) is 15.7. The van der Waals surface area contributed by atoms with E-state index in [2.05, 4.69) is 12.2 Å². The molecule has 0 bridgehead atoms. The summed E-state index contributed by atoms with van der Waals surface area (Å²) in [5.74, 6) is 0. The third kappa shape index (κ3) is 9.45. The molecule has 0 aromatic carbocycles. The molecule has 0 saturated heterocycles. The summed E-state index contributed by atoms with van der Waals surface area (Å²) in [6, 6.07) is 0. The molecule has 0 aliphatic heterocycles. The third-order valence-corrected chi connectivity index (χ3v) is 2.00. The summed E-state index contributed by atoms with van der Waals surface area (Å²) in [6.07, 6.45) is 1.47. The van der Waals surface area contributed by atoms with Crippen molar-refractivity contribution < 1.29 is 72.9 Å². The molecule has 0 atom stereocenters. The average Bonchev–Trinajstić information content (AvgIpc) is 2.91. The Morgan fingerprint density at radius 3 is 1.10 bits per heavy atom. The minimum absolute atomic E-state index is 0. The van der Waals surface area contributed by atoms with Crippen molar-refractivity contribution in [2.24, 2.45) is 0 Å². The smallest absolute Gasteiger partial charge is 1.00 e. The van der Waals surface area contributed by atoms with Crippen LogP contribution in [0.1, 0.15) is 12.8 Å². The predicted octanol–water partition coefficient (Wildman–Crippen LogP) is -1.52. The van der Waals surface area contributed by atoms with Gasteiger partial charge in [-0.15, -0.1) is 24.0 Å². The van der Waals surface area contributed by atoms with Crippen molar-refractivity contribution in [3.8, 4) is 0 Å². The maximum absolute atomic E-state index is 11.6. The molecule has 2 aliphatic carbocycles. The number of halogens is 8. The van der Waals surface area contributed by atoms with Gasteiger partial charge in [0.15, 0.2) is 0 Å². The van der Waals surface area contributed by atoms with Gasteiger partial charge in [-0.05, 0) is 0 Å². The Labute approximate surface area is 145 Å². The zero-order chi connectivity index (χ0) is 13.8. The summed E-state index contributed by atoms with van der Waals surface area (Å²) in [5.41, 5.74) is -1.30. The van der Waals surface area contributed by atoms with E-state index in [0.29, 0.717) is 0 Å². The van der Waals surface area contributed by atoms with Crippen LogP contribution in [0.5, 0.6) is 0 Å². The van der Waals surface area contributed by atoms with Gasteiger partial charge in [-0.1, -0.05) is 0 Å². The third-order valence-electron chi connectivity index (χ3n) is 2.00. The Morgan fingerprint density at radius 1 is 0.714 bits per heavy atom. The fourth-order valence-electron chi connectivity index (χ4n) is 1.20. The zero-order valence-electron chi connectivity index (χ0n) is 10.2. The summed E-state index contributed by atoms with van der Waals surface area (Å²) in [4.78, 5) is 0. The summed E-state index contributed by atoms with van der Waals surface area (Å²) in [5, 5.41) is 0. The SMILES string of the molecule is FC(F)(F)C1=[C-]CC=C1.FC(F)(F)C1=[C-]CC=C1.[Cl-].[Cl-].[Ti+4]. The van der Waals surface area contributed by atoms with Crippen molar-refractivity contribution in [2.45, 2.75) is 25.2 Å². The van der Waals surface area contributed by atoms with Gasteiger partial charge in [0.2, 0.25) is 0 Å². The molecular weight excluding hydrogens is 377 g/mol. The van der Waals surface area contributed by atoms with E-state index in [4.69, 9.17) is 0 Å². The molecular formula is C12H8Cl2F6Ti. The van der Waals surface area contributed by atoms with Crippen LogP contribution in [0.3, 0.4) is 0 Å². The van der Waals surface area contributed by atoms with Crippen molar-refractivity contribution in [1.82, 2.24) is 0 Å². The number of allylic oxidation sites excluding steroid dienone is 8. The molecule has 0 aromatic heterocycles. The second-order valence-corrected chi connectivity index (χ2v) is 3.39. The van der Waals surface area contributed by atoms with Crippen molar-refractivity contribution in [3.05, 3.63) is 47.6 Å². The van der Waals surface area contributed by atoms with Crippen LogP contribution in [0.4, 0.5) is 26.3 Å². The van der Waals surface area contributed by atoms with Gasteiger partial charge in [0, 0.05) is 0 Å². The van der Waals surface area contributed by atoms with Crippen LogP contribution in [0.2, 0.25) is 0 Å². The second-order valence-electron chi connectivity index (χ2n) is 3.39. The van der Waals surface area contributed by atoms with E-state index in [-0.39, 0.29) is 59.4 Å². The van der Waals surface area contributed by atoms with Gasteiger partial charge >= 0.3 is 34.1 Å². The second kappa shape index (κ2) is 10.5. The van der Waals surface area contributed by atoms with Crippen molar-refractivity contribution in [3.63, 3.8) is 0 Å². The molecule has 9 heteroatoms. The number of hydrogen-bond donors (Lipinski definition) is 0. The molecule has 0 amide bonds. The molecule has 0 spiro atoms. The number of alkyl halides is 6. The van der Waals surface area contributed by atoms with Gasteiger partial charge in [-0.25, -0.2) is 12.2 Å². The molecule has 0 unspecified atom stereocenters. The van der Waals surface area contributed by atoms with Gasteiger partial charge in [0.05, 0.1) is 0 Å². The molecule has 0 N–H and O–H groups in total. The first-order chi connectivity index (χ1) is 8.21. The van der Waals surface area contributed by atoms with E-state index in [1.165, 1.54) is 12.2 Å². The van der Waals surface area contributed by atoms with Crippen LogP contribution in [0, 0.1) is 12.2 Å². The molecule has 0 radical (unpaired) electrons. The minimum Gasteiger partial charge on any atom is -1.00 e. The van der Waals surface area contributed by atoms with Crippen LogP contribution in [0.15, 0.2) is 35.5 Å². The molecule has 21 heavy (non-hydrogen) atoms. The van der Waals surface area contributed by atoms with Gasteiger partial charge in [-0.2, -0.15) is 38.5 Å². The largest absolute Gasteiger partial charge is 4.00 e. The van der Waals surface area contributed by atoms with Gasteiger partial charge in [-0.3, -0.25) is 12.2 Å². The topological polar surface area (TPSA) is 0 Å². The molecule has 0 heterocycles. The number of rotatable bonds is 0. The van der Waals surface area contributed by atoms with E-state index in [9.17, 15) is 26.3 Å². The van der Waals surface area contributed by atoms with E-state index in [1.807, 2.05) is 0 Å². The Bertz CT molecular complexity index is 378. The first-order valence-electron chi connectivity index (χ1n) is 4.90. The van der Waals surface area contributed by atoms with Crippen LogP contribution in [0.25, 0.3) is 0 Å². The maximum Gasteiger partial charge on any atom is 4.00 e. The zero-order valence-corrected chi connectivity index (χ0v) is 13.3. The van der Waals surface area contributed by atoms with E-state index in [1.54, 1.807) is 0 Å². The number of hydrogen-bond acceptors (Lipinski definition) is 0. The van der Waals surface area contributed by atoms with Crippen molar-refractivity contribution in [1.29, 1.82) is 0 Å². The Morgan fingerprint density at radius 2 is 1.00 bits per heavy atom. The summed E-state index contributed by atoms with van der Waals surface area (Å²) < 4.78 is 69.7. The molecule has 116 valence electrons.